The Hall–Kier alpha value is -3.19. The van der Waals surface area contributed by atoms with Crippen LogP contribution in [-0.2, 0) is 13.8 Å². The second kappa shape index (κ2) is 12.9. The van der Waals surface area contributed by atoms with Crippen LogP contribution in [0.3, 0.4) is 0 Å². The van der Waals surface area contributed by atoms with E-state index in [4.69, 9.17) is 28.7 Å². The van der Waals surface area contributed by atoms with E-state index in [1.54, 1.807) is 24.0 Å². The van der Waals surface area contributed by atoms with Gasteiger partial charge in [-0.25, -0.2) is 19.3 Å². The number of pyridine rings is 1. The smallest absolute Gasteiger partial charge is 0.469 e. The zero-order chi connectivity index (χ0) is 27.0. The van der Waals surface area contributed by atoms with Crippen molar-refractivity contribution in [2.75, 3.05) is 38.7 Å². The molecule has 14 nitrogen and oxygen atoms in total. The minimum atomic E-state index is -4.54. The quantitative estimate of drug-likeness (QED) is 0.280. The highest BCUT2D eigenvalue weighted by Gasteiger charge is 2.27. The van der Waals surface area contributed by atoms with Crippen molar-refractivity contribution in [2.45, 2.75) is 45.8 Å². The lowest BCUT2D eigenvalue weighted by atomic mass is 10.1. The van der Waals surface area contributed by atoms with Gasteiger partial charge in [-0.3, -0.25) is 4.52 Å². The number of rotatable bonds is 11. The van der Waals surface area contributed by atoms with E-state index in [9.17, 15) is 9.36 Å². The van der Waals surface area contributed by atoms with Crippen molar-refractivity contribution in [3.8, 4) is 17.5 Å². The number of piperidine rings is 1. The van der Waals surface area contributed by atoms with Gasteiger partial charge >= 0.3 is 13.9 Å². The highest BCUT2D eigenvalue weighted by molar-refractivity contribution is 7.46. The summed E-state index contributed by atoms with van der Waals surface area (Å²) in [6.45, 7) is 6.05. The van der Waals surface area contributed by atoms with Crippen LogP contribution >= 0.6 is 7.82 Å². The van der Waals surface area contributed by atoms with E-state index in [-0.39, 0.29) is 43.3 Å². The Morgan fingerprint density at radius 2 is 1.95 bits per heavy atom. The summed E-state index contributed by atoms with van der Waals surface area (Å²) in [6, 6.07) is 3.31. The minimum Gasteiger partial charge on any atom is -0.489 e. The number of likely N-dealkylation sites (tertiary alicyclic amines) is 1. The number of carbonyl (C=O) groups is 1. The summed E-state index contributed by atoms with van der Waals surface area (Å²) in [4.78, 5) is 44.0. The maximum atomic E-state index is 12.1. The van der Waals surface area contributed by atoms with Crippen molar-refractivity contribution in [2.24, 2.45) is 0 Å². The Morgan fingerprint density at radius 1 is 1.22 bits per heavy atom. The molecular formula is C22H32N5O9P. The highest BCUT2D eigenvalue weighted by atomic mass is 31.2. The van der Waals surface area contributed by atoms with Gasteiger partial charge in [-0.2, -0.15) is 4.98 Å². The summed E-state index contributed by atoms with van der Waals surface area (Å²) < 4.78 is 37.3. The minimum absolute atomic E-state index is 0.0808. The predicted molar refractivity (Wildman–Crippen MR) is 131 cm³/mol. The van der Waals surface area contributed by atoms with Crippen LogP contribution in [0.5, 0.6) is 17.5 Å². The Bertz CT molecular complexity index is 1110. The lowest BCUT2D eigenvalue weighted by Crippen LogP contribution is -2.42. The summed E-state index contributed by atoms with van der Waals surface area (Å²) in [5.41, 5.74) is 1.20. The fourth-order valence-corrected chi connectivity index (χ4v) is 3.80. The zero-order valence-electron chi connectivity index (χ0n) is 21.1. The molecule has 0 saturated carbocycles. The number of aromatic nitrogens is 3. The molecule has 3 N–H and O–H groups in total. The maximum Gasteiger partial charge on any atom is 0.469 e. The summed E-state index contributed by atoms with van der Waals surface area (Å²) in [6.07, 6.45) is 1.94. The molecule has 37 heavy (non-hydrogen) atoms. The van der Waals surface area contributed by atoms with Crippen molar-refractivity contribution < 1.29 is 42.6 Å². The van der Waals surface area contributed by atoms with E-state index in [1.807, 2.05) is 13.8 Å². The van der Waals surface area contributed by atoms with Crippen molar-refractivity contribution in [1.82, 2.24) is 19.9 Å². The van der Waals surface area contributed by atoms with Crippen LogP contribution in [0.15, 0.2) is 18.5 Å². The first kappa shape index (κ1) is 28.4. The first-order valence-corrected chi connectivity index (χ1v) is 13.2. The normalized spacial score (nSPS) is 14.4. The van der Waals surface area contributed by atoms with E-state index in [1.165, 1.54) is 13.4 Å². The average Bonchev–Trinajstić information content (AvgIpc) is 2.83. The van der Waals surface area contributed by atoms with Gasteiger partial charge < -0.3 is 39.0 Å². The van der Waals surface area contributed by atoms with Crippen LogP contribution in [0.1, 0.15) is 32.4 Å². The maximum absolute atomic E-state index is 12.1. The fraction of sp³-hybridized carbons (Fsp3) is 0.545. The van der Waals surface area contributed by atoms with Crippen molar-refractivity contribution in [3.63, 3.8) is 0 Å². The number of phosphoric ester groups is 1. The van der Waals surface area contributed by atoms with Crippen molar-refractivity contribution in [1.29, 1.82) is 0 Å². The summed E-state index contributed by atoms with van der Waals surface area (Å²) in [5, 5.41) is 3.15. The topological polar surface area (TPSA) is 175 Å². The fourth-order valence-electron chi connectivity index (χ4n) is 3.49. The van der Waals surface area contributed by atoms with Crippen LogP contribution in [0.2, 0.25) is 0 Å². The summed E-state index contributed by atoms with van der Waals surface area (Å²) in [7, 11) is -3.06. The SMILES string of the molecule is COc1c(Nc2ccc(OCCOP(=O)(O)O)nc2C)ncnc1OC1CCN(C(=O)OC(C)C)CC1. The second-order valence-electron chi connectivity index (χ2n) is 8.38. The van der Waals surface area contributed by atoms with Gasteiger partial charge in [0.25, 0.3) is 5.88 Å². The van der Waals surface area contributed by atoms with E-state index in [0.717, 1.165) is 0 Å². The molecule has 2 aromatic heterocycles. The number of ether oxygens (including phenoxy) is 4. The van der Waals surface area contributed by atoms with Gasteiger partial charge in [0, 0.05) is 32.0 Å². The van der Waals surface area contributed by atoms with Crippen molar-refractivity contribution in [3.05, 3.63) is 24.2 Å². The molecule has 1 aliphatic rings. The summed E-state index contributed by atoms with van der Waals surface area (Å²) in [5.74, 6) is 1.23. The zero-order valence-corrected chi connectivity index (χ0v) is 22.0. The number of methoxy groups -OCH3 is 1. The molecule has 1 saturated heterocycles. The number of hydrogen-bond donors (Lipinski definition) is 3. The molecule has 1 fully saturated rings. The molecule has 0 spiro atoms. The van der Waals surface area contributed by atoms with Gasteiger partial charge in [-0.05, 0) is 26.8 Å². The Balaban J connectivity index is 1.60. The number of aryl methyl sites for hydroxylation is 1. The number of carbonyl (C=O) groups excluding carboxylic acids is 1. The van der Waals surface area contributed by atoms with Gasteiger partial charge in [-0.15, -0.1) is 0 Å². The predicted octanol–water partition coefficient (Wildman–Crippen LogP) is 2.81. The van der Waals surface area contributed by atoms with Gasteiger partial charge in [-0.1, -0.05) is 0 Å². The molecule has 3 heterocycles. The molecule has 15 heteroatoms. The molecule has 1 amide bonds. The molecule has 2 aromatic rings. The Labute approximate surface area is 214 Å². The molecule has 204 valence electrons. The molecule has 0 aliphatic carbocycles. The number of hydrogen-bond acceptors (Lipinski definition) is 11. The molecule has 0 atom stereocenters. The number of nitrogens with one attached hydrogen (secondary N) is 1. The Kier molecular flexibility index (Phi) is 9.86. The van der Waals surface area contributed by atoms with Gasteiger partial charge in [0.15, 0.2) is 5.82 Å². The third-order valence-electron chi connectivity index (χ3n) is 5.20. The monoisotopic (exact) mass is 541 g/mol. The van der Waals surface area contributed by atoms with Crippen LogP contribution in [0.4, 0.5) is 16.3 Å². The largest absolute Gasteiger partial charge is 0.489 e. The first-order valence-electron chi connectivity index (χ1n) is 11.6. The van der Waals surface area contributed by atoms with Gasteiger partial charge in [0.1, 0.15) is 19.0 Å². The lowest BCUT2D eigenvalue weighted by molar-refractivity contribution is 0.0500. The lowest BCUT2D eigenvalue weighted by Gasteiger charge is -2.31. The van der Waals surface area contributed by atoms with Crippen LogP contribution in [-0.4, -0.2) is 81.4 Å². The van der Waals surface area contributed by atoms with E-state index < -0.39 is 7.82 Å². The number of anilines is 2. The molecule has 0 unspecified atom stereocenters. The molecule has 3 rings (SSSR count). The van der Waals surface area contributed by atoms with E-state index in [0.29, 0.717) is 48.9 Å². The highest BCUT2D eigenvalue weighted by Crippen LogP contribution is 2.36. The van der Waals surface area contributed by atoms with Crippen LogP contribution in [0, 0.1) is 6.92 Å². The molecule has 0 aromatic carbocycles. The number of nitrogens with zero attached hydrogens (tertiary/aromatic N) is 4. The van der Waals surface area contributed by atoms with E-state index >= 15 is 0 Å². The first-order chi connectivity index (χ1) is 17.6. The molecular weight excluding hydrogens is 509 g/mol. The van der Waals surface area contributed by atoms with Gasteiger partial charge in [0.05, 0.1) is 31.2 Å². The standard InChI is InChI=1S/C22H32N5O9P/c1-14(2)35-22(28)27-9-7-16(8-10-27)36-21-19(32-4)20(23-13-24-21)26-17-5-6-18(25-15(17)3)33-11-12-34-37(29,30)31/h5-6,13-14,16H,7-12H2,1-4H3,(H,23,24,26)(H2,29,30,31). The second-order valence-corrected chi connectivity index (χ2v) is 9.62. The number of phosphoric acid groups is 1. The van der Waals surface area contributed by atoms with Crippen LogP contribution in [0.25, 0.3) is 0 Å². The van der Waals surface area contributed by atoms with E-state index in [2.05, 4.69) is 24.8 Å². The molecule has 1 aliphatic heterocycles. The number of amides is 1. The third-order valence-corrected chi connectivity index (χ3v) is 5.72. The average molecular weight is 541 g/mol. The Morgan fingerprint density at radius 3 is 2.57 bits per heavy atom. The van der Waals surface area contributed by atoms with Crippen molar-refractivity contribution >= 4 is 25.4 Å². The van der Waals surface area contributed by atoms with Gasteiger partial charge in [0.2, 0.25) is 11.6 Å². The summed E-state index contributed by atoms with van der Waals surface area (Å²) >= 11 is 0. The molecule has 0 bridgehead atoms. The third kappa shape index (κ3) is 8.71. The van der Waals surface area contributed by atoms with Crippen LogP contribution < -0.4 is 19.5 Å². The molecule has 0 radical (unpaired) electrons.